The van der Waals surface area contributed by atoms with Crippen molar-refractivity contribution in [1.82, 2.24) is 0 Å². The molecule has 0 aromatic carbocycles. The van der Waals surface area contributed by atoms with Gasteiger partial charge in [-0.05, 0) is 17.8 Å². The molecule has 98 valence electrons. The molecule has 1 heterocycles. The largest absolute Gasteiger partial charge is 0.466 e. The van der Waals surface area contributed by atoms with E-state index in [4.69, 9.17) is 9.47 Å². The molecule has 1 saturated heterocycles. The van der Waals surface area contributed by atoms with Crippen LogP contribution in [0.4, 0.5) is 0 Å². The Morgan fingerprint density at radius 1 is 1.05 bits per heavy atom. The first kappa shape index (κ1) is 11.0. The molecule has 0 N–H and O–H groups in total. The molecule has 4 aliphatic carbocycles. The molecule has 1 saturated carbocycles. The summed E-state index contributed by atoms with van der Waals surface area (Å²) in [6.07, 6.45) is 5.84. The Hall–Kier alpha value is -1.91. The summed E-state index contributed by atoms with van der Waals surface area (Å²) < 4.78 is 9.53. The Labute approximate surface area is 109 Å². The van der Waals surface area contributed by atoms with Gasteiger partial charge in [0.1, 0.15) is 0 Å². The zero-order valence-corrected chi connectivity index (χ0v) is 10.2. The van der Waals surface area contributed by atoms with Gasteiger partial charge in [0, 0.05) is 11.5 Å². The van der Waals surface area contributed by atoms with Gasteiger partial charge in [0.2, 0.25) is 0 Å². The van der Waals surface area contributed by atoms with E-state index in [1.165, 1.54) is 7.11 Å². The zero-order valence-electron chi connectivity index (χ0n) is 10.2. The van der Waals surface area contributed by atoms with Gasteiger partial charge in [-0.1, -0.05) is 18.2 Å². The van der Waals surface area contributed by atoms with Crippen LogP contribution >= 0.6 is 0 Å². The monoisotopic (exact) mass is 260 g/mol. The van der Waals surface area contributed by atoms with Crippen molar-refractivity contribution >= 4 is 17.9 Å². The summed E-state index contributed by atoms with van der Waals surface area (Å²) in [5.74, 6) is -1.94. The zero-order chi connectivity index (χ0) is 13.3. The Morgan fingerprint density at radius 3 is 2.37 bits per heavy atom. The molecule has 0 unspecified atom stereocenters. The van der Waals surface area contributed by atoms with Crippen LogP contribution in [0.1, 0.15) is 0 Å². The number of cyclic esters (lactones) is 2. The summed E-state index contributed by atoms with van der Waals surface area (Å²) >= 11 is 0. The number of hydrogen-bond acceptors (Lipinski definition) is 5. The number of allylic oxidation sites excluding steroid dienone is 3. The van der Waals surface area contributed by atoms with E-state index in [1.807, 2.05) is 18.2 Å². The van der Waals surface area contributed by atoms with E-state index >= 15 is 0 Å². The summed E-state index contributed by atoms with van der Waals surface area (Å²) in [7, 11) is 1.35. The van der Waals surface area contributed by atoms with Gasteiger partial charge >= 0.3 is 17.9 Å². The fourth-order valence-corrected chi connectivity index (χ4v) is 4.18. The van der Waals surface area contributed by atoms with E-state index in [0.29, 0.717) is 5.57 Å². The first-order valence-electron chi connectivity index (χ1n) is 6.37. The third-order valence-electron chi connectivity index (χ3n) is 4.94. The van der Waals surface area contributed by atoms with E-state index in [-0.39, 0.29) is 35.6 Å². The van der Waals surface area contributed by atoms with Crippen molar-refractivity contribution in [2.24, 2.45) is 35.5 Å². The average molecular weight is 260 g/mol. The standard InChI is InChI=1S/C14H12O5/c1-18-12(15)8-4-7-5-2-3-6(9(7)8)11-10(5)13(16)19-14(11)17/h2-7,9-11H,1H3/t5-,6+,7-,9+,10-,11+/m1/s1. The molecule has 0 aromatic rings. The number of carbonyl (C=O) groups excluding carboxylic acids is 3. The van der Waals surface area contributed by atoms with Gasteiger partial charge in [-0.15, -0.1) is 0 Å². The molecule has 5 heteroatoms. The minimum atomic E-state index is -0.441. The van der Waals surface area contributed by atoms with Gasteiger partial charge in [-0.3, -0.25) is 9.59 Å². The first-order valence-corrected chi connectivity index (χ1v) is 6.37. The lowest BCUT2D eigenvalue weighted by atomic mass is 9.48. The predicted molar refractivity (Wildman–Crippen MR) is 61.3 cm³/mol. The van der Waals surface area contributed by atoms with Gasteiger partial charge in [-0.2, -0.15) is 0 Å². The Balaban J connectivity index is 1.76. The normalized spacial score (nSPS) is 45.0. The highest BCUT2D eigenvalue weighted by molar-refractivity contribution is 5.99. The maximum absolute atomic E-state index is 11.8. The van der Waals surface area contributed by atoms with Gasteiger partial charge < -0.3 is 9.47 Å². The van der Waals surface area contributed by atoms with Crippen LogP contribution in [-0.2, 0) is 23.9 Å². The fourth-order valence-electron chi connectivity index (χ4n) is 4.18. The lowest BCUT2D eigenvalue weighted by Crippen LogP contribution is -2.54. The molecule has 5 aliphatic rings. The number of carbonyl (C=O) groups is 3. The molecular formula is C14H12O5. The number of esters is 3. The average Bonchev–Trinajstić information content (AvgIpc) is 2.66. The van der Waals surface area contributed by atoms with Gasteiger partial charge in [0.25, 0.3) is 0 Å². The van der Waals surface area contributed by atoms with Crippen LogP contribution in [0, 0.1) is 35.5 Å². The highest BCUT2D eigenvalue weighted by Crippen LogP contribution is 2.60. The summed E-state index contributed by atoms with van der Waals surface area (Å²) in [4.78, 5) is 35.3. The number of methoxy groups -OCH3 is 1. The highest BCUT2D eigenvalue weighted by Gasteiger charge is 2.64. The quantitative estimate of drug-likeness (QED) is 0.389. The molecular weight excluding hydrogens is 248 g/mol. The van der Waals surface area contributed by atoms with Crippen molar-refractivity contribution in [2.75, 3.05) is 7.11 Å². The second-order valence-electron chi connectivity index (χ2n) is 5.55. The molecule has 0 aromatic heterocycles. The van der Waals surface area contributed by atoms with Crippen LogP contribution in [0.3, 0.4) is 0 Å². The minimum absolute atomic E-state index is 0.00199. The SMILES string of the molecule is COC(=O)C1=C[C@@H]2[C@H]3C=C[C@@H]([C@H]12)[C@@H]1C(=O)OC(=O)[C@H]31. The van der Waals surface area contributed by atoms with Crippen molar-refractivity contribution in [3.63, 3.8) is 0 Å². The first-order chi connectivity index (χ1) is 9.13. The van der Waals surface area contributed by atoms with Crippen molar-refractivity contribution in [3.8, 4) is 0 Å². The molecule has 2 bridgehead atoms. The topological polar surface area (TPSA) is 69.7 Å². The molecule has 0 spiro atoms. The molecule has 6 atom stereocenters. The molecule has 1 aliphatic heterocycles. The summed E-state index contributed by atoms with van der Waals surface area (Å²) in [6, 6.07) is 0. The van der Waals surface area contributed by atoms with Crippen LogP contribution in [0.2, 0.25) is 0 Å². The number of hydrogen-bond donors (Lipinski definition) is 0. The van der Waals surface area contributed by atoms with E-state index in [2.05, 4.69) is 0 Å². The van der Waals surface area contributed by atoms with Crippen LogP contribution in [-0.4, -0.2) is 25.0 Å². The number of ether oxygens (including phenoxy) is 2. The van der Waals surface area contributed by atoms with Crippen molar-refractivity contribution in [1.29, 1.82) is 0 Å². The Morgan fingerprint density at radius 2 is 1.68 bits per heavy atom. The summed E-state index contributed by atoms with van der Waals surface area (Å²) in [6.45, 7) is 0. The maximum Gasteiger partial charge on any atom is 0.333 e. The van der Waals surface area contributed by atoms with Gasteiger partial charge in [0.05, 0.1) is 18.9 Å². The van der Waals surface area contributed by atoms with Crippen molar-refractivity contribution in [2.45, 2.75) is 0 Å². The van der Waals surface area contributed by atoms with E-state index in [9.17, 15) is 14.4 Å². The smallest absolute Gasteiger partial charge is 0.333 e. The summed E-state index contributed by atoms with van der Waals surface area (Å²) in [5.41, 5.74) is 0.637. The third kappa shape index (κ3) is 1.13. The van der Waals surface area contributed by atoms with E-state index in [0.717, 1.165) is 0 Å². The van der Waals surface area contributed by atoms with Crippen LogP contribution < -0.4 is 0 Å². The third-order valence-corrected chi connectivity index (χ3v) is 4.94. The molecule has 19 heavy (non-hydrogen) atoms. The second-order valence-corrected chi connectivity index (χ2v) is 5.55. The van der Waals surface area contributed by atoms with Crippen LogP contribution in [0.5, 0.6) is 0 Å². The molecule has 0 amide bonds. The Kier molecular flexibility index (Phi) is 1.93. The van der Waals surface area contributed by atoms with E-state index < -0.39 is 17.9 Å². The number of rotatable bonds is 1. The molecule has 5 rings (SSSR count). The predicted octanol–water partition coefficient (Wildman–Crippen LogP) is 0.463. The highest BCUT2D eigenvalue weighted by atomic mass is 16.6. The van der Waals surface area contributed by atoms with Crippen molar-refractivity contribution in [3.05, 3.63) is 23.8 Å². The van der Waals surface area contributed by atoms with Crippen molar-refractivity contribution < 1.29 is 23.9 Å². The maximum atomic E-state index is 11.8. The molecule has 5 nitrogen and oxygen atoms in total. The van der Waals surface area contributed by atoms with Crippen LogP contribution in [0.15, 0.2) is 23.8 Å². The van der Waals surface area contributed by atoms with Crippen LogP contribution in [0.25, 0.3) is 0 Å². The Bertz CT molecular complexity index is 572. The summed E-state index contributed by atoms with van der Waals surface area (Å²) in [5, 5.41) is 0. The van der Waals surface area contributed by atoms with E-state index in [1.54, 1.807) is 0 Å². The second kappa shape index (κ2) is 3.35. The fraction of sp³-hybridized carbons (Fsp3) is 0.500. The minimum Gasteiger partial charge on any atom is -0.466 e. The lowest BCUT2D eigenvalue weighted by molar-refractivity contribution is -0.154. The molecule has 2 fully saturated rings. The molecule has 0 radical (unpaired) electrons. The van der Waals surface area contributed by atoms with Gasteiger partial charge in [0.15, 0.2) is 0 Å². The lowest BCUT2D eigenvalue weighted by Gasteiger charge is -2.53. The van der Waals surface area contributed by atoms with Gasteiger partial charge in [-0.25, -0.2) is 4.79 Å².